The molecule has 1 amide bonds. The largest absolute Gasteiger partial charge is 0.508 e. The minimum atomic E-state index is 0.0352. The van der Waals surface area contributed by atoms with Crippen molar-refractivity contribution >= 4 is 5.91 Å². The number of hydrogen-bond donors (Lipinski definition) is 2. The number of hydrogen-bond acceptors (Lipinski definition) is 3. The van der Waals surface area contributed by atoms with Crippen LogP contribution in [0, 0.1) is 5.92 Å². The Bertz CT molecular complexity index is 694. The van der Waals surface area contributed by atoms with Gasteiger partial charge in [-0.1, -0.05) is 48.5 Å². The Morgan fingerprint density at radius 1 is 1.12 bits per heavy atom. The molecule has 0 spiro atoms. The van der Waals surface area contributed by atoms with Gasteiger partial charge in [0.1, 0.15) is 5.75 Å². The highest BCUT2D eigenvalue weighted by Gasteiger charge is 2.26. The van der Waals surface area contributed by atoms with Crippen LogP contribution in [0.15, 0.2) is 54.6 Å². The van der Waals surface area contributed by atoms with Crippen molar-refractivity contribution in [1.82, 2.24) is 10.2 Å². The first-order valence-corrected chi connectivity index (χ1v) is 8.98. The van der Waals surface area contributed by atoms with E-state index in [0.29, 0.717) is 5.75 Å². The summed E-state index contributed by atoms with van der Waals surface area (Å²) in [6.45, 7) is 4.53. The van der Waals surface area contributed by atoms with Crippen molar-refractivity contribution in [2.45, 2.75) is 32.4 Å². The van der Waals surface area contributed by atoms with E-state index in [1.165, 1.54) is 0 Å². The first-order valence-electron chi connectivity index (χ1n) is 8.98. The fourth-order valence-corrected chi connectivity index (χ4v) is 3.39. The maximum absolute atomic E-state index is 12.5. The van der Waals surface area contributed by atoms with Crippen LogP contribution in [-0.2, 0) is 11.3 Å². The van der Waals surface area contributed by atoms with E-state index in [0.717, 1.165) is 43.6 Å². The number of carbonyl (C=O) groups is 1. The number of nitrogens with one attached hydrogen (secondary N) is 1. The monoisotopic (exact) mass is 338 g/mol. The SMILES string of the molecule is C[C@H](NC(=O)C1CCN(Cc2ccccc2O)CC1)c1ccccc1. The van der Waals surface area contributed by atoms with Crippen molar-refractivity contribution in [3.05, 3.63) is 65.7 Å². The number of nitrogens with zero attached hydrogens (tertiary/aromatic N) is 1. The lowest BCUT2D eigenvalue weighted by atomic mass is 9.94. The average Bonchev–Trinajstić information content (AvgIpc) is 2.65. The van der Waals surface area contributed by atoms with Gasteiger partial charge in [-0.3, -0.25) is 9.69 Å². The van der Waals surface area contributed by atoms with E-state index in [1.807, 2.05) is 55.5 Å². The number of para-hydroxylation sites is 1. The van der Waals surface area contributed by atoms with E-state index in [4.69, 9.17) is 0 Å². The van der Waals surface area contributed by atoms with Gasteiger partial charge in [0.15, 0.2) is 0 Å². The van der Waals surface area contributed by atoms with Crippen LogP contribution in [0.3, 0.4) is 0 Å². The highest BCUT2D eigenvalue weighted by Crippen LogP contribution is 2.23. The summed E-state index contributed by atoms with van der Waals surface area (Å²) in [4.78, 5) is 14.8. The van der Waals surface area contributed by atoms with Gasteiger partial charge >= 0.3 is 0 Å². The zero-order chi connectivity index (χ0) is 17.6. The van der Waals surface area contributed by atoms with E-state index in [9.17, 15) is 9.90 Å². The molecule has 2 aromatic rings. The molecule has 0 radical (unpaired) electrons. The highest BCUT2D eigenvalue weighted by atomic mass is 16.3. The Hall–Kier alpha value is -2.33. The lowest BCUT2D eigenvalue weighted by Gasteiger charge is -2.32. The van der Waals surface area contributed by atoms with Gasteiger partial charge in [0.05, 0.1) is 6.04 Å². The number of piperidine rings is 1. The molecule has 1 aliphatic rings. The number of phenols is 1. The Morgan fingerprint density at radius 2 is 1.76 bits per heavy atom. The molecule has 1 saturated heterocycles. The van der Waals surface area contributed by atoms with Crippen molar-refractivity contribution in [3.8, 4) is 5.75 Å². The fourth-order valence-electron chi connectivity index (χ4n) is 3.39. The summed E-state index contributed by atoms with van der Waals surface area (Å²) in [7, 11) is 0. The Labute approximate surface area is 149 Å². The third-order valence-corrected chi connectivity index (χ3v) is 5.00. The third kappa shape index (κ3) is 4.60. The van der Waals surface area contributed by atoms with Gasteiger partial charge in [0.2, 0.25) is 5.91 Å². The van der Waals surface area contributed by atoms with Gasteiger partial charge in [-0.05, 0) is 44.5 Å². The first kappa shape index (κ1) is 17.5. The van der Waals surface area contributed by atoms with Gasteiger partial charge in [-0.25, -0.2) is 0 Å². The minimum Gasteiger partial charge on any atom is -0.508 e. The van der Waals surface area contributed by atoms with Gasteiger partial charge < -0.3 is 10.4 Å². The standard InChI is InChI=1S/C21H26N2O2/c1-16(17-7-3-2-4-8-17)22-21(25)18-11-13-23(14-12-18)15-19-9-5-6-10-20(19)24/h2-10,16,18,24H,11-15H2,1H3,(H,22,25)/t16-/m0/s1. The smallest absolute Gasteiger partial charge is 0.223 e. The number of rotatable bonds is 5. The summed E-state index contributed by atoms with van der Waals surface area (Å²) in [6.07, 6.45) is 1.72. The summed E-state index contributed by atoms with van der Waals surface area (Å²) >= 11 is 0. The molecule has 0 unspecified atom stereocenters. The average molecular weight is 338 g/mol. The Balaban J connectivity index is 1.48. The highest BCUT2D eigenvalue weighted by molar-refractivity contribution is 5.79. The number of benzene rings is 2. The zero-order valence-corrected chi connectivity index (χ0v) is 14.7. The van der Waals surface area contributed by atoms with Gasteiger partial charge in [-0.2, -0.15) is 0 Å². The predicted octanol–water partition coefficient (Wildman–Crippen LogP) is 3.48. The van der Waals surface area contributed by atoms with Crippen molar-refractivity contribution in [2.24, 2.45) is 5.92 Å². The van der Waals surface area contributed by atoms with Crippen LogP contribution in [0.2, 0.25) is 0 Å². The van der Waals surface area contributed by atoms with Gasteiger partial charge in [0.25, 0.3) is 0 Å². The summed E-state index contributed by atoms with van der Waals surface area (Å²) < 4.78 is 0. The molecule has 25 heavy (non-hydrogen) atoms. The lowest BCUT2D eigenvalue weighted by molar-refractivity contribution is -0.127. The number of aromatic hydroxyl groups is 1. The molecule has 2 aromatic carbocycles. The summed E-state index contributed by atoms with van der Waals surface area (Å²) in [5.41, 5.74) is 2.08. The quantitative estimate of drug-likeness (QED) is 0.877. The second-order valence-electron chi connectivity index (χ2n) is 6.82. The zero-order valence-electron chi connectivity index (χ0n) is 14.7. The number of likely N-dealkylation sites (tertiary alicyclic amines) is 1. The summed E-state index contributed by atoms with van der Waals surface area (Å²) in [5.74, 6) is 0.574. The van der Waals surface area contributed by atoms with Gasteiger partial charge in [-0.15, -0.1) is 0 Å². The molecule has 0 aliphatic carbocycles. The van der Waals surface area contributed by atoms with Crippen molar-refractivity contribution in [3.63, 3.8) is 0 Å². The molecule has 132 valence electrons. The maximum atomic E-state index is 12.5. The van der Waals surface area contributed by atoms with Crippen molar-refractivity contribution in [1.29, 1.82) is 0 Å². The molecule has 1 fully saturated rings. The molecular weight excluding hydrogens is 312 g/mol. The second kappa shape index (κ2) is 8.17. The van der Waals surface area contributed by atoms with E-state index in [-0.39, 0.29) is 17.9 Å². The number of phenolic OH excluding ortho intramolecular Hbond substituents is 1. The van der Waals surface area contributed by atoms with E-state index in [1.54, 1.807) is 6.07 Å². The number of carbonyl (C=O) groups excluding carboxylic acids is 1. The molecule has 0 bridgehead atoms. The summed E-state index contributed by atoms with van der Waals surface area (Å²) in [5, 5.41) is 13.0. The van der Waals surface area contributed by atoms with Crippen LogP contribution < -0.4 is 5.32 Å². The molecule has 2 N–H and O–H groups in total. The molecule has 1 heterocycles. The normalized spacial score (nSPS) is 17.2. The second-order valence-corrected chi connectivity index (χ2v) is 6.82. The van der Waals surface area contributed by atoms with Crippen LogP contribution >= 0.6 is 0 Å². The van der Waals surface area contributed by atoms with Crippen molar-refractivity contribution in [2.75, 3.05) is 13.1 Å². The van der Waals surface area contributed by atoms with Crippen LogP contribution in [0.5, 0.6) is 5.75 Å². The molecule has 4 heteroatoms. The molecular formula is C21H26N2O2. The first-order chi connectivity index (χ1) is 12.1. The Kier molecular flexibility index (Phi) is 5.71. The van der Waals surface area contributed by atoms with Crippen LogP contribution in [0.4, 0.5) is 0 Å². The number of amides is 1. The van der Waals surface area contributed by atoms with Crippen LogP contribution in [-0.4, -0.2) is 29.0 Å². The van der Waals surface area contributed by atoms with Crippen LogP contribution in [0.25, 0.3) is 0 Å². The molecule has 3 rings (SSSR count). The molecule has 0 aromatic heterocycles. The Morgan fingerprint density at radius 3 is 2.44 bits per heavy atom. The molecule has 1 atom stereocenters. The summed E-state index contributed by atoms with van der Waals surface area (Å²) in [6, 6.07) is 17.6. The third-order valence-electron chi connectivity index (χ3n) is 5.00. The molecule has 4 nitrogen and oxygen atoms in total. The van der Waals surface area contributed by atoms with Crippen LogP contribution in [0.1, 0.15) is 36.9 Å². The van der Waals surface area contributed by atoms with E-state index < -0.39 is 0 Å². The predicted molar refractivity (Wildman–Crippen MR) is 99.1 cm³/mol. The fraction of sp³-hybridized carbons (Fsp3) is 0.381. The topological polar surface area (TPSA) is 52.6 Å². The van der Waals surface area contributed by atoms with E-state index in [2.05, 4.69) is 10.2 Å². The lowest BCUT2D eigenvalue weighted by Crippen LogP contribution is -2.40. The van der Waals surface area contributed by atoms with Crippen molar-refractivity contribution < 1.29 is 9.90 Å². The van der Waals surface area contributed by atoms with E-state index >= 15 is 0 Å². The molecule has 1 aliphatic heterocycles. The van der Waals surface area contributed by atoms with Gasteiger partial charge in [0, 0.05) is 18.0 Å². The minimum absolute atomic E-state index is 0.0352. The molecule has 0 saturated carbocycles. The maximum Gasteiger partial charge on any atom is 0.223 e.